The molecule has 0 aromatic heterocycles. The van der Waals surface area contributed by atoms with Crippen LogP contribution in [0.5, 0.6) is 0 Å². The SMILES string of the molecule is COCCNC(=O)c1ccc(NC(=O)N2CCCN3CCCC3C2)cc1. The summed E-state index contributed by atoms with van der Waals surface area (Å²) >= 11 is 0. The van der Waals surface area contributed by atoms with Gasteiger partial charge in [0.1, 0.15) is 0 Å². The molecule has 2 fully saturated rings. The van der Waals surface area contributed by atoms with E-state index in [1.165, 1.54) is 12.8 Å². The van der Waals surface area contributed by atoms with Crippen LogP contribution in [0.25, 0.3) is 0 Å². The molecule has 2 aliphatic rings. The molecular weight excluding hydrogens is 332 g/mol. The van der Waals surface area contributed by atoms with E-state index in [4.69, 9.17) is 4.74 Å². The van der Waals surface area contributed by atoms with E-state index in [9.17, 15) is 9.59 Å². The molecule has 0 aliphatic carbocycles. The van der Waals surface area contributed by atoms with Gasteiger partial charge in [0.25, 0.3) is 5.91 Å². The average molecular weight is 360 g/mol. The highest BCUT2D eigenvalue weighted by atomic mass is 16.5. The highest BCUT2D eigenvalue weighted by Crippen LogP contribution is 2.22. The van der Waals surface area contributed by atoms with Crippen molar-refractivity contribution in [1.82, 2.24) is 15.1 Å². The number of hydrogen-bond acceptors (Lipinski definition) is 4. The number of carbonyl (C=O) groups is 2. The Morgan fingerprint density at radius 3 is 2.69 bits per heavy atom. The van der Waals surface area contributed by atoms with Crippen molar-refractivity contribution in [2.24, 2.45) is 0 Å². The molecule has 1 aromatic rings. The van der Waals surface area contributed by atoms with Crippen LogP contribution in [0, 0.1) is 0 Å². The summed E-state index contributed by atoms with van der Waals surface area (Å²) < 4.78 is 4.91. The lowest BCUT2D eigenvalue weighted by molar-refractivity contribution is 0.0937. The van der Waals surface area contributed by atoms with E-state index in [2.05, 4.69) is 15.5 Å². The third kappa shape index (κ3) is 4.74. The number of carbonyl (C=O) groups excluding carboxylic acids is 2. The van der Waals surface area contributed by atoms with Crippen LogP contribution in [0.1, 0.15) is 29.6 Å². The number of fused-ring (bicyclic) bond motifs is 1. The lowest BCUT2D eigenvalue weighted by Crippen LogP contribution is -2.41. The fourth-order valence-electron chi connectivity index (χ4n) is 3.67. The molecule has 0 spiro atoms. The number of nitrogens with zero attached hydrogens (tertiary/aromatic N) is 2. The van der Waals surface area contributed by atoms with Crippen molar-refractivity contribution in [2.45, 2.75) is 25.3 Å². The van der Waals surface area contributed by atoms with Gasteiger partial charge in [-0.1, -0.05) is 0 Å². The predicted molar refractivity (Wildman–Crippen MR) is 100 cm³/mol. The summed E-state index contributed by atoms with van der Waals surface area (Å²) in [4.78, 5) is 29.0. The van der Waals surface area contributed by atoms with E-state index in [1.54, 1.807) is 31.4 Å². The van der Waals surface area contributed by atoms with E-state index in [0.717, 1.165) is 32.6 Å². The van der Waals surface area contributed by atoms with Crippen molar-refractivity contribution < 1.29 is 14.3 Å². The molecule has 2 saturated heterocycles. The summed E-state index contributed by atoms with van der Waals surface area (Å²) in [5, 5.41) is 5.73. The molecule has 2 heterocycles. The van der Waals surface area contributed by atoms with Gasteiger partial charge in [-0.2, -0.15) is 0 Å². The van der Waals surface area contributed by atoms with Crippen molar-refractivity contribution in [3.63, 3.8) is 0 Å². The summed E-state index contributed by atoms with van der Waals surface area (Å²) in [7, 11) is 1.60. The second kappa shape index (κ2) is 9.00. The van der Waals surface area contributed by atoms with Crippen LogP contribution in [0.4, 0.5) is 10.5 Å². The molecule has 3 amide bonds. The summed E-state index contributed by atoms with van der Waals surface area (Å²) in [5.41, 5.74) is 1.27. The van der Waals surface area contributed by atoms with Gasteiger partial charge in [0, 0.05) is 50.6 Å². The van der Waals surface area contributed by atoms with E-state index in [0.29, 0.717) is 30.4 Å². The van der Waals surface area contributed by atoms with Gasteiger partial charge in [0.2, 0.25) is 0 Å². The van der Waals surface area contributed by atoms with Crippen LogP contribution in [-0.4, -0.2) is 74.2 Å². The van der Waals surface area contributed by atoms with Gasteiger partial charge in [-0.3, -0.25) is 9.69 Å². The molecule has 0 radical (unpaired) electrons. The first-order chi connectivity index (χ1) is 12.7. The van der Waals surface area contributed by atoms with E-state index in [-0.39, 0.29) is 11.9 Å². The van der Waals surface area contributed by atoms with Crippen molar-refractivity contribution in [1.29, 1.82) is 0 Å². The van der Waals surface area contributed by atoms with Crippen LogP contribution in [0.15, 0.2) is 24.3 Å². The van der Waals surface area contributed by atoms with Gasteiger partial charge in [-0.15, -0.1) is 0 Å². The minimum Gasteiger partial charge on any atom is -0.383 e. The summed E-state index contributed by atoms with van der Waals surface area (Å²) in [6.45, 7) is 4.79. The molecule has 142 valence electrons. The van der Waals surface area contributed by atoms with Crippen LogP contribution in [0.2, 0.25) is 0 Å². The molecule has 1 unspecified atom stereocenters. The molecular formula is C19H28N4O3. The lowest BCUT2D eigenvalue weighted by atomic mass is 10.2. The highest BCUT2D eigenvalue weighted by Gasteiger charge is 2.30. The largest absolute Gasteiger partial charge is 0.383 e. The van der Waals surface area contributed by atoms with E-state index in [1.807, 2.05) is 4.90 Å². The van der Waals surface area contributed by atoms with Gasteiger partial charge >= 0.3 is 6.03 Å². The number of urea groups is 1. The number of amides is 3. The molecule has 26 heavy (non-hydrogen) atoms. The number of hydrogen-bond donors (Lipinski definition) is 2. The first-order valence-corrected chi connectivity index (χ1v) is 9.34. The minimum atomic E-state index is -0.145. The zero-order valence-electron chi connectivity index (χ0n) is 15.4. The maximum absolute atomic E-state index is 12.6. The molecule has 7 heteroatoms. The third-order valence-corrected chi connectivity index (χ3v) is 5.08. The highest BCUT2D eigenvalue weighted by molar-refractivity contribution is 5.95. The standard InChI is InChI=1S/C19H28N4O3/c1-26-13-9-20-18(24)15-5-7-16(8-6-15)21-19(25)23-12-3-11-22-10-2-4-17(22)14-23/h5-8,17H,2-4,9-14H2,1H3,(H,20,24)(H,21,25). The molecule has 2 N–H and O–H groups in total. The van der Waals surface area contributed by atoms with Crippen molar-refractivity contribution in [3.05, 3.63) is 29.8 Å². The zero-order chi connectivity index (χ0) is 18.4. The molecule has 7 nitrogen and oxygen atoms in total. The predicted octanol–water partition coefficient (Wildman–Crippen LogP) is 1.76. The van der Waals surface area contributed by atoms with Crippen LogP contribution in [-0.2, 0) is 4.74 Å². The monoisotopic (exact) mass is 360 g/mol. The van der Waals surface area contributed by atoms with E-state index < -0.39 is 0 Å². The Hall–Kier alpha value is -2.12. The Labute approximate surface area is 154 Å². The zero-order valence-corrected chi connectivity index (χ0v) is 15.4. The van der Waals surface area contributed by atoms with Gasteiger partial charge in [-0.05, 0) is 50.1 Å². The Kier molecular flexibility index (Phi) is 6.46. The van der Waals surface area contributed by atoms with Gasteiger partial charge in [0.15, 0.2) is 0 Å². The first-order valence-electron chi connectivity index (χ1n) is 9.34. The number of anilines is 1. The smallest absolute Gasteiger partial charge is 0.321 e. The molecule has 3 rings (SSSR count). The van der Waals surface area contributed by atoms with Gasteiger partial charge in [0.05, 0.1) is 6.61 Å². The molecule has 0 bridgehead atoms. The van der Waals surface area contributed by atoms with Crippen molar-refractivity contribution in [3.8, 4) is 0 Å². The summed E-state index contributed by atoms with van der Waals surface area (Å²) in [6, 6.07) is 7.42. The van der Waals surface area contributed by atoms with Crippen LogP contribution < -0.4 is 10.6 Å². The normalized spacial score (nSPS) is 20.3. The number of rotatable bonds is 5. The Morgan fingerprint density at radius 2 is 1.92 bits per heavy atom. The average Bonchev–Trinajstić information content (AvgIpc) is 2.99. The van der Waals surface area contributed by atoms with E-state index >= 15 is 0 Å². The quantitative estimate of drug-likeness (QED) is 0.785. The minimum absolute atomic E-state index is 0.0592. The fourth-order valence-corrected chi connectivity index (χ4v) is 3.67. The number of ether oxygens (including phenoxy) is 1. The van der Waals surface area contributed by atoms with Crippen LogP contribution in [0.3, 0.4) is 0 Å². The van der Waals surface area contributed by atoms with Crippen molar-refractivity contribution >= 4 is 17.6 Å². The lowest BCUT2D eigenvalue weighted by Gasteiger charge is -2.25. The Morgan fingerprint density at radius 1 is 1.15 bits per heavy atom. The number of nitrogens with one attached hydrogen (secondary N) is 2. The van der Waals surface area contributed by atoms with Crippen molar-refractivity contribution in [2.75, 3.05) is 51.8 Å². The first kappa shape index (κ1) is 18.7. The van der Waals surface area contributed by atoms with Gasteiger partial charge in [-0.25, -0.2) is 4.79 Å². The number of benzene rings is 1. The summed E-state index contributed by atoms with van der Waals surface area (Å²) in [5.74, 6) is -0.145. The Bertz CT molecular complexity index is 620. The third-order valence-electron chi connectivity index (χ3n) is 5.08. The fraction of sp³-hybridized carbons (Fsp3) is 0.579. The molecule has 1 aromatic carbocycles. The maximum Gasteiger partial charge on any atom is 0.321 e. The van der Waals surface area contributed by atoms with Crippen LogP contribution >= 0.6 is 0 Å². The second-order valence-corrected chi connectivity index (χ2v) is 6.89. The number of methoxy groups -OCH3 is 1. The topological polar surface area (TPSA) is 73.9 Å². The molecule has 2 aliphatic heterocycles. The molecule has 0 saturated carbocycles. The maximum atomic E-state index is 12.6. The Balaban J connectivity index is 1.53. The summed E-state index contributed by atoms with van der Waals surface area (Å²) in [6.07, 6.45) is 3.43. The second-order valence-electron chi connectivity index (χ2n) is 6.89. The van der Waals surface area contributed by atoms with Gasteiger partial charge < -0.3 is 20.3 Å². The molecule has 1 atom stereocenters.